The van der Waals surface area contributed by atoms with Crippen LogP contribution in [0.25, 0.3) is 0 Å². The summed E-state index contributed by atoms with van der Waals surface area (Å²) in [6.07, 6.45) is 5.53. The molecule has 7 nitrogen and oxygen atoms in total. The van der Waals surface area contributed by atoms with Gasteiger partial charge in [-0.2, -0.15) is 5.10 Å². The average molecular weight is 264 g/mol. The Balaban J connectivity index is 1.63. The van der Waals surface area contributed by atoms with Crippen molar-refractivity contribution in [1.29, 1.82) is 0 Å². The van der Waals surface area contributed by atoms with Crippen LogP contribution in [0.5, 0.6) is 0 Å². The third-order valence-electron chi connectivity index (χ3n) is 3.94. The lowest BCUT2D eigenvalue weighted by molar-refractivity contribution is -0.142. The summed E-state index contributed by atoms with van der Waals surface area (Å²) in [5.74, 6) is -1.66. The number of piperidine rings is 1. The maximum Gasteiger partial charge on any atom is 0.307 e. The number of carbonyl (C=O) groups is 2. The number of carbonyl (C=O) groups excluding carboxylic acids is 1. The van der Waals surface area contributed by atoms with Crippen molar-refractivity contribution in [3.63, 3.8) is 0 Å². The number of hydrogen-bond acceptors (Lipinski definition) is 4. The smallest absolute Gasteiger partial charge is 0.307 e. The Morgan fingerprint density at radius 1 is 1.32 bits per heavy atom. The van der Waals surface area contributed by atoms with Crippen LogP contribution in [0.15, 0.2) is 12.7 Å². The summed E-state index contributed by atoms with van der Waals surface area (Å²) >= 11 is 0. The standard InChI is InChI=1S/C12H16N4O3/c17-11(9-4-10(9)12(18)19)15-3-1-2-8(5-15)16-7-13-6-14-16/h6-10H,1-5H2,(H,18,19). The molecule has 1 aromatic rings. The van der Waals surface area contributed by atoms with Gasteiger partial charge in [-0.05, 0) is 19.3 Å². The van der Waals surface area contributed by atoms with Gasteiger partial charge in [0.1, 0.15) is 12.7 Å². The van der Waals surface area contributed by atoms with Gasteiger partial charge < -0.3 is 10.0 Å². The monoisotopic (exact) mass is 264 g/mol. The Morgan fingerprint density at radius 3 is 2.79 bits per heavy atom. The number of aromatic nitrogens is 3. The lowest BCUT2D eigenvalue weighted by Crippen LogP contribution is -2.42. The minimum atomic E-state index is -0.858. The van der Waals surface area contributed by atoms with Crippen molar-refractivity contribution in [2.45, 2.75) is 25.3 Å². The van der Waals surface area contributed by atoms with Crippen LogP contribution in [-0.2, 0) is 9.59 Å². The summed E-state index contributed by atoms with van der Waals surface area (Å²) in [5, 5.41) is 13.0. The molecule has 1 saturated heterocycles. The van der Waals surface area contributed by atoms with E-state index in [4.69, 9.17) is 5.11 Å². The Morgan fingerprint density at radius 2 is 2.16 bits per heavy atom. The number of nitrogens with zero attached hydrogens (tertiary/aromatic N) is 4. The van der Waals surface area contributed by atoms with E-state index in [0.29, 0.717) is 19.5 Å². The van der Waals surface area contributed by atoms with Crippen molar-refractivity contribution >= 4 is 11.9 Å². The molecule has 3 rings (SSSR count). The van der Waals surface area contributed by atoms with Crippen LogP contribution >= 0.6 is 0 Å². The zero-order chi connectivity index (χ0) is 13.4. The number of amides is 1. The first-order valence-corrected chi connectivity index (χ1v) is 6.52. The SMILES string of the molecule is O=C(O)C1CC1C(=O)N1CCCC(n2cncn2)C1. The molecule has 2 heterocycles. The number of aliphatic carboxylic acids is 1. The molecule has 0 radical (unpaired) electrons. The molecule has 1 aliphatic carbocycles. The largest absolute Gasteiger partial charge is 0.481 e. The maximum absolute atomic E-state index is 12.2. The summed E-state index contributed by atoms with van der Waals surface area (Å²) in [5.41, 5.74) is 0. The zero-order valence-electron chi connectivity index (χ0n) is 10.5. The van der Waals surface area contributed by atoms with Gasteiger partial charge in [-0.15, -0.1) is 0 Å². The molecule has 102 valence electrons. The van der Waals surface area contributed by atoms with Crippen LogP contribution in [0.4, 0.5) is 0 Å². The van der Waals surface area contributed by atoms with E-state index in [2.05, 4.69) is 10.1 Å². The first-order chi connectivity index (χ1) is 9.16. The Hall–Kier alpha value is -1.92. The number of carboxylic acids is 1. The molecule has 0 spiro atoms. The van der Waals surface area contributed by atoms with Crippen LogP contribution < -0.4 is 0 Å². The molecule has 3 unspecified atom stereocenters. The maximum atomic E-state index is 12.2. The van der Waals surface area contributed by atoms with Gasteiger partial charge in [0.05, 0.1) is 17.9 Å². The fourth-order valence-electron chi connectivity index (χ4n) is 2.75. The van der Waals surface area contributed by atoms with Gasteiger partial charge in [0.15, 0.2) is 0 Å². The minimum Gasteiger partial charge on any atom is -0.481 e. The van der Waals surface area contributed by atoms with Gasteiger partial charge in [0, 0.05) is 13.1 Å². The summed E-state index contributed by atoms with van der Waals surface area (Å²) < 4.78 is 1.78. The first kappa shape index (κ1) is 12.1. The molecule has 0 bridgehead atoms. The molecule has 1 saturated carbocycles. The van der Waals surface area contributed by atoms with E-state index in [1.54, 1.807) is 15.9 Å². The summed E-state index contributed by atoms with van der Waals surface area (Å²) in [4.78, 5) is 28.7. The Labute approximate surface area is 110 Å². The first-order valence-electron chi connectivity index (χ1n) is 6.52. The lowest BCUT2D eigenvalue weighted by atomic mass is 10.1. The molecule has 1 amide bonds. The van der Waals surface area contributed by atoms with Crippen molar-refractivity contribution in [3.05, 3.63) is 12.7 Å². The number of carboxylic acid groups (broad SMARTS) is 1. The second-order valence-corrected chi connectivity index (χ2v) is 5.24. The summed E-state index contributed by atoms with van der Waals surface area (Å²) in [7, 11) is 0. The molecule has 19 heavy (non-hydrogen) atoms. The third-order valence-corrected chi connectivity index (χ3v) is 3.94. The van der Waals surface area contributed by atoms with E-state index in [-0.39, 0.29) is 17.9 Å². The predicted octanol–water partition coefficient (Wildman–Crippen LogP) is 0.162. The van der Waals surface area contributed by atoms with E-state index in [0.717, 1.165) is 12.8 Å². The minimum absolute atomic E-state index is 0.0165. The van der Waals surface area contributed by atoms with Crippen molar-refractivity contribution in [2.75, 3.05) is 13.1 Å². The third kappa shape index (κ3) is 2.32. The van der Waals surface area contributed by atoms with Crippen molar-refractivity contribution in [1.82, 2.24) is 19.7 Å². The molecule has 0 aromatic carbocycles. The molecule has 1 aromatic heterocycles. The molecule has 7 heteroatoms. The van der Waals surface area contributed by atoms with Gasteiger partial charge in [0.2, 0.25) is 5.91 Å². The van der Waals surface area contributed by atoms with E-state index in [1.165, 1.54) is 6.33 Å². The normalized spacial score (nSPS) is 30.1. The second-order valence-electron chi connectivity index (χ2n) is 5.24. The highest BCUT2D eigenvalue weighted by Crippen LogP contribution is 2.40. The number of rotatable bonds is 3. The van der Waals surface area contributed by atoms with Crippen LogP contribution in [-0.4, -0.2) is 49.7 Å². The molecule has 2 fully saturated rings. The van der Waals surface area contributed by atoms with E-state index >= 15 is 0 Å². The van der Waals surface area contributed by atoms with E-state index < -0.39 is 11.9 Å². The van der Waals surface area contributed by atoms with Crippen LogP contribution in [0.2, 0.25) is 0 Å². The topological polar surface area (TPSA) is 88.3 Å². The molecule has 1 aliphatic heterocycles. The molecular formula is C12H16N4O3. The highest BCUT2D eigenvalue weighted by atomic mass is 16.4. The van der Waals surface area contributed by atoms with Gasteiger partial charge in [-0.25, -0.2) is 9.67 Å². The van der Waals surface area contributed by atoms with Crippen LogP contribution in [0, 0.1) is 11.8 Å². The zero-order valence-corrected chi connectivity index (χ0v) is 10.5. The van der Waals surface area contributed by atoms with E-state index in [1.807, 2.05) is 0 Å². The van der Waals surface area contributed by atoms with Crippen molar-refractivity contribution in [3.8, 4) is 0 Å². The van der Waals surface area contributed by atoms with E-state index in [9.17, 15) is 9.59 Å². The molecule has 1 N–H and O–H groups in total. The predicted molar refractivity (Wildman–Crippen MR) is 64.1 cm³/mol. The second kappa shape index (κ2) is 4.64. The molecular weight excluding hydrogens is 248 g/mol. The molecule has 3 atom stereocenters. The Kier molecular flexibility index (Phi) is 2.96. The van der Waals surface area contributed by atoms with Gasteiger partial charge in [-0.3, -0.25) is 9.59 Å². The summed E-state index contributed by atoms with van der Waals surface area (Å²) in [6, 6.07) is 0.155. The van der Waals surface area contributed by atoms with Crippen LogP contribution in [0.1, 0.15) is 25.3 Å². The highest BCUT2D eigenvalue weighted by molar-refractivity contribution is 5.89. The van der Waals surface area contributed by atoms with Gasteiger partial charge in [-0.1, -0.05) is 0 Å². The molecule has 2 aliphatic rings. The average Bonchev–Trinajstić information content (AvgIpc) is 3.04. The van der Waals surface area contributed by atoms with Crippen molar-refractivity contribution in [2.24, 2.45) is 11.8 Å². The fourth-order valence-corrected chi connectivity index (χ4v) is 2.75. The quantitative estimate of drug-likeness (QED) is 0.840. The number of hydrogen-bond donors (Lipinski definition) is 1. The lowest BCUT2D eigenvalue weighted by Gasteiger charge is -2.32. The number of likely N-dealkylation sites (tertiary alicyclic amines) is 1. The summed E-state index contributed by atoms with van der Waals surface area (Å²) in [6.45, 7) is 1.32. The van der Waals surface area contributed by atoms with Gasteiger partial charge >= 0.3 is 5.97 Å². The van der Waals surface area contributed by atoms with Gasteiger partial charge in [0.25, 0.3) is 0 Å². The van der Waals surface area contributed by atoms with Crippen molar-refractivity contribution < 1.29 is 14.7 Å². The highest BCUT2D eigenvalue weighted by Gasteiger charge is 2.50. The van der Waals surface area contributed by atoms with Crippen LogP contribution in [0.3, 0.4) is 0 Å². The fraction of sp³-hybridized carbons (Fsp3) is 0.667. The Bertz CT molecular complexity index is 487.